The Labute approximate surface area is 116 Å². The third-order valence-electron chi connectivity index (χ3n) is 3.75. The lowest BCUT2D eigenvalue weighted by Crippen LogP contribution is -2.02. The molecule has 1 saturated carbocycles. The molecule has 1 aromatic heterocycles. The monoisotopic (exact) mass is 294 g/mol. The van der Waals surface area contributed by atoms with E-state index >= 15 is 0 Å². The number of aliphatic carboxylic acids is 1. The number of aromatic nitrogens is 2. The van der Waals surface area contributed by atoms with Crippen LogP contribution < -0.4 is 0 Å². The Morgan fingerprint density at radius 2 is 2.15 bits per heavy atom. The van der Waals surface area contributed by atoms with Gasteiger partial charge >= 0.3 is 5.97 Å². The van der Waals surface area contributed by atoms with Crippen LogP contribution in [0.1, 0.15) is 18.2 Å². The summed E-state index contributed by atoms with van der Waals surface area (Å²) in [6.07, 6.45) is 1.74. The average molecular weight is 294 g/mol. The van der Waals surface area contributed by atoms with E-state index in [1.165, 1.54) is 6.07 Å². The van der Waals surface area contributed by atoms with Crippen LogP contribution in [0, 0.1) is 5.92 Å². The molecule has 3 rings (SSSR count). The molecular weight excluding hydrogens is 280 g/mol. The number of carboxylic acid groups (broad SMARTS) is 1. The molecule has 1 aromatic carbocycles. The summed E-state index contributed by atoms with van der Waals surface area (Å²) in [6.45, 7) is 0. The molecule has 106 valence electrons. The van der Waals surface area contributed by atoms with Gasteiger partial charge in [-0.15, -0.1) is 0 Å². The van der Waals surface area contributed by atoms with Crippen molar-refractivity contribution in [2.24, 2.45) is 13.0 Å². The fourth-order valence-electron chi connectivity index (χ4n) is 2.51. The highest BCUT2D eigenvalue weighted by Crippen LogP contribution is 2.47. The summed E-state index contributed by atoms with van der Waals surface area (Å²) in [7, 11) is -1.45. The fourth-order valence-corrected chi connectivity index (χ4v) is 3.15. The Balaban J connectivity index is 2.09. The third-order valence-corrected chi connectivity index (χ3v) is 4.86. The Morgan fingerprint density at radius 3 is 2.70 bits per heavy atom. The fraction of sp³-hybridized carbons (Fsp3) is 0.385. The number of rotatable bonds is 3. The van der Waals surface area contributed by atoms with Gasteiger partial charge in [0.1, 0.15) is 5.82 Å². The van der Waals surface area contributed by atoms with Gasteiger partial charge in [0, 0.05) is 19.2 Å². The van der Waals surface area contributed by atoms with E-state index in [0.717, 1.165) is 11.8 Å². The molecule has 1 aliphatic rings. The topological polar surface area (TPSA) is 89.3 Å². The maximum Gasteiger partial charge on any atom is 0.307 e. The molecule has 0 aliphatic heterocycles. The molecule has 2 aromatic rings. The molecule has 6 nitrogen and oxygen atoms in total. The van der Waals surface area contributed by atoms with Crippen LogP contribution in [0.2, 0.25) is 0 Å². The zero-order chi connectivity index (χ0) is 14.7. The van der Waals surface area contributed by atoms with E-state index in [1.807, 2.05) is 11.6 Å². The van der Waals surface area contributed by atoms with E-state index in [2.05, 4.69) is 4.98 Å². The molecule has 0 saturated heterocycles. The van der Waals surface area contributed by atoms with E-state index in [-0.39, 0.29) is 16.7 Å². The number of imidazole rings is 1. The summed E-state index contributed by atoms with van der Waals surface area (Å²) in [5.41, 5.74) is 1.39. The number of benzene rings is 1. The van der Waals surface area contributed by atoms with Gasteiger partial charge in [0.05, 0.1) is 21.8 Å². The zero-order valence-corrected chi connectivity index (χ0v) is 11.9. The molecule has 0 spiro atoms. The lowest BCUT2D eigenvalue weighted by molar-refractivity contribution is -0.138. The third kappa shape index (κ3) is 1.98. The molecular formula is C13H14N2O4S. The van der Waals surface area contributed by atoms with Gasteiger partial charge in [0.25, 0.3) is 0 Å². The van der Waals surface area contributed by atoms with Crippen molar-refractivity contribution in [3.8, 4) is 0 Å². The molecule has 7 heteroatoms. The number of carboxylic acids is 1. The number of sulfone groups is 1. The van der Waals surface area contributed by atoms with Crippen molar-refractivity contribution >= 4 is 26.8 Å². The minimum atomic E-state index is -3.27. The second-order valence-electron chi connectivity index (χ2n) is 5.24. The second kappa shape index (κ2) is 4.05. The standard InChI is InChI=1S/C13H14N2O4S/c1-15-11-4-3-7(20(2,18)19)5-10(11)14-12(15)8-6-9(8)13(16)17/h3-5,8-9H,6H2,1-2H3,(H,16,17). The van der Waals surface area contributed by atoms with Crippen LogP contribution in [0.4, 0.5) is 0 Å². The van der Waals surface area contributed by atoms with Gasteiger partial charge in [-0.3, -0.25) is 4.79 Å². The van der Waals surface area contributed by atoms with E-state index in [9.17, 15) is 13.2 Å². The normalized spacial score (nSPS) is 22.1. The van der Waals surface area contributed by atoms with Gasteiger partial charge in [-0.1, -0.05) is 0 Å². The second-order valence-corrected chi connectivity index (χ2v) is 7.25. The predicted octanol–water partition coefficient (Wildman–Crippen LogP) is 1.16. The Morgan fingerprint density at radius 1 is 1.45 bits per heavy atom. The van der Waals surface area contributed by atoms with Crippen molar-refractivity contribution in [1.82, 2.24) is 9.55 Å². The van der Waals surface area contributed by atoms with E-state index in [4.69, 9.17) is 5.11 Å². The maximum absolute atomic E-state index is 11.5. The minimum absolute atomic E-state index is 0.0772. The maximum atomic E-state index is 11.5. The first-order valence-corrected chi connectivity index (χ1v) is 8.07. The highest BCUT2D eigenvalue weighted by Gasteiger charge is 2.46. The van der Waals surface area contributed by atoms with Gasteiger partial charge in [-0.25, -0.2) is 13.4 Å². The van der Waals surface area contributed by atoms with E-state index < -0.39 is 15.8 Å². The SMILES string of the molecule is Cn1c(C2CC2C(=O)O)nc2cc(S(C)(=O)=O)ccc21. The number of carbonyl (C=O) groups is 1. The molecule has 1 N–H and O–H groups in total. The first-order valence-electron chi connectivity index (χ1n) is 6.18. The Bertz CT molecular complexity index is 822. The molecule has 0 bridgehead atoms. The average Bonchev–Trinajstić information content (AvgIpc) is 3.08. The van der Waals surface area contributed by atoms with Gasteiger partial charge < -0.3 is 9.67 Å². The van der Waals surface area contributed by atoms with E-state index in [1.54, 1.807) is 12.1 Å². The zero-order valence-electron chi connectivity index (χ0n) is 11.1. The van der Waals surface area contributed by atoms with Crippen LogP contribution in [-0.2, 0) is 21.7 Å². The number of hydrogen-bond acceptors (Lipinski definition) is 4. The summed E-state index contributed by atoms with van der Waals surface area (Å²) < 4.78 is 24.9. The van der Waals surface area contributed by atoms with Crippen LogP contribution in [0.3, 0.4) is 0 Å². The van der Waals surface area contributed by atoms with E-state index in [0.29, 0.717) is 17.8 Å². The molecule has 1 aliphatic carbocycles. The van der Waals surface area contributed by atoms with Crippen molar-refractivity contribution in [2.45, 2.75) is 17.2 Å². The van der Waals surface area contributed by atoms with Crippen LogP contribution in [-0.4, -0.2) is 35.3 Å². The van der Waals surface area contributed by atoms with Crippen molar-refractivity contribution < 1.29 is 18.3 Å². The first kappa shape index (κ1) is 13.1. The Hall–Kier alpha value is -1.89. The van der Waals surface area contributed by atoms with Gasteiger partial charge in [0.15, 0.2) is 9.84 Å². The molecule has 0 radical (unpaired) electrons. The Kier molecular flexibility index (Phi) is 2.66. The number of fused-ring (bicyclic) bond motifs is 1. The highest BCUT2D eigenvalue weighted by molar-refractivity contribution is 7.90. The summed E-state index contributed by atoms with van der Waals surface area (Å²) in [6, 6.07) is 4.79. The van der Waals surface area contributed by atoms with Crippen LogP contribution in [0.5, 0.6) is 0 Å². The molecule has 2 atom stereocenters. The van der Waals surface area contributed by atoms with Crippen molar-refractivity contribution in [3.63, 3.8) is 0 Å². The lowest BCUT2D eigenvalue weighted by Gasteiger charge is -2.01. The van der Waals surface area contributed by atoms with Gasteiger partial charge in [-0.2, -0.15) is 0 Å². The quantitative estimate of drug-likeness (QED) is 0.917. The highest BCUT2D eigenvalue weighted by atomic mass is 32.2. The predicted molar refractivity (Wildman–Crippen MR) is 72.3 cm³/mol. The van der Waals surface area contributed by atoms with Gasteiger partial charge in [-0.05, 0) is 24.6 Å². The lowest BCUT2D eigenvalue weighted by atomic mass is 10.3. The summed E-state index contributed by atoms with van der Waals surface area (Å²) in [4.78, 5) is 15.6. The van der Waals surface area contributed by atoms with Crippen LogP contribution in [0.25, 0.3) is 11.0 Å². The molecule has 1 fully saturated rings. The minimum Gasteiger partial charge on any atom is -0.481 e. The largest absolute Gasteiger partial charge is 0.481 e. The number of nitrogens with zero attached hydrogens (tertiary/aromatic N) is 2. The van der Waals surface area contributed by atoms with Crippen LogP contribution in [0.15, 0.2) is 23.1 Å². The summed E-state index contributed by atoms with van der Waals surface area (Å²) in [5.74, 6) is -0.552. The first-order chi connectivity index (χ1) is 9.29. The van der Waals surface area contributed by atoms with Crippen molar-refractivity contribution in [1.29, 1.82) is 0 Å². The smallest absolute Gasteiger partial charge is 0.307 e. The van der Waals surface area contributed by atoms with Crippen molar-refractivity contribution in [2.75, 3.05) is 6.26 Å². The summed E-state index contributed by atoms with van der Waals surface area (Å²) in [5, 5.41) is 8.99. The number of aryl methyl sites for hydroxylation is 1. The van der Waals surface area contributed by atoms with Crippen LogP contribution >= 0.6 is 0 Å². The summed E-state index contributed by atoms with van der Waals surface area (Å²) >= 11 is 0. The number of hydrogen-bond donors (Lipinski definition) is 1. The molecule has 0 amide bonds. The van der Waals surface area contributed by atoms with Gasteiger partial charge in [0.2, 0.25) is 0 Å². The molecule has 1 heterocycles. The van der Waals surface area contributed by atoms with Crippen molar-refractivity contribution in [3.05, 3.63) is 24.0 Å². The molecule has 20 heavy (non-hydrogen) atoms. The molecule has 2 unspecified atom stereocenters.